The second-order valence-electron chi connectivity index (χ2n) is 6.26. The van der Waals surface area contributed by atoms with Crippen LogP contribution in [0, 0.1) is 0 Å². The fourth-order valence-electron chi connectivity index (χ4n) is 2.74. The van der Waals surface area contributed by atoms with Gasteiger partial charge >= 0.3 is 6.03 Å². The van der Waals surface area contributed by atoms with Gasteiger partial charge in [-0.05, 0) is 26.7 Å². The van der Waals surface area contributed by atoms with Gasteiger partial charge in [0.1, 0.15) is 11.1 Å². The molecule has 1 aliphatic heterocycles. The summed E-state index contributed by atoms with van der Waals surface area (Å²) in [7, 11) is 0. The number of rotatable bonds is 6. The van der Waals surface area contributed by atoms with E-state index in [0.717, 1.165) is 56.3 Å². The minimum Gasteiger partial charge on any atom is -0.372 e. The first kappa shape index (κ1) is 16.7. The van der Waals surface area contributed by atoms with Crippen molar-refractivity contribution in [3.8, 4) is 0 Å². The molecule has 1 saturated carbocycles. The minimum atomic E-state index is 0.0710. The monoisotopic (exact) mass is 338 g/mol. The van der Waals surface area contributed by atoms with Crippen molar-refractivity contribution in [3.05, 3.63) is 16.1 Å². The van der Waals surface area contributed by atoms with Gasteiger partial charge < -0.3 is 15.0 Å². The van der Waals surface area contributed by atoms with Crippen LogP contribution in [-0.2, 0) is 11.3 Å². The molecule has 3 rings (SSSR count). The Bertz CT molecular complexity index is 524. The molecule has 0 bridgehead atoms. The van der Waals surface area contributed by atoms with Crippen molar-refractivity contribution in [3.63, 3.8) is 0 Å². The Kier molecular flexibility index (Phi) is 5.50. The molecule has 0 unspecified atom stereocenters. The highest BCUT2D eigenvalue weighted by Gasteiger charge is 2.27. The summed E-state index contributed by atoms with van der Waals surface area (Å²) in [6.45, 7) is 9.02. The first-order valence-corrected chi connectivity index (χ1v) is 9.37. The number of aromatic nitrogens is 1. The average molecular weight is 338 g/mol. The second-order valence-corrected chi connectivity index (χ2v) is 7.15. The molecule has 1 N–H and O–H groups in total. The van der Waals surface area contributed by atoms with Gasteiger partial charge in [0.05, 0.1) is 5.69 Å². The van der Waals surface area contributed by atoms with Crippen LogP contribution in [0.15, 0.2) is 5.38 Å². The van der Waals surface area contributed by atoms with Gasteiger partial charge in [-0.2, -0.15) is 0 Å². The molecule has 1 aromatic heterocycles. The topological polar surface area (TPSA) is 57.7 Å². The van der Waals surface area contributed by atoms with Crippen LogP contribution >= 0.6 is 11.3 Å². The lowest BCUT2D eigenvalue weighted by molar-refractivity contribution is 0.0759. The van der Waals surface area contributed by atoms with Gasteiger partial charge in [0, 0.05) is 50.8 Å². The first-order chi connectivity index (χ1) is 11.2. The van der Waals surface area contributed by atoms with Crippen molar-refractivity contribution in [2.45, 2.75) is 45.4 Å². The smallest absolute Gasteiger partial charge is 0.317 e. The lowest BCUT2D eigenvalue weighted by Crippen LogP contribution is -2.51. The molecular weight excluding hydrogens is 312 g/mol. The SMILES string of the molecule is CCO[C@@H](C)c1nc(CN2CCN(C(=O)NC3CC3)CC2)cs1. The fraction of sp³-hybridized carbons (Fsp3) is 0.750. The normalized spacial score (nSPS) is 20.5. The van der Waals surface area contributed by atoms with Crippen molar-refractivity contribution >= 4 is 17.4 Å². The van der Waals surface area contributed by atoms with Crippen LogP contribution in [0.2, 0.25) is 0 Å². The molecule has 0 aromatic carbocycles. The lowest BCUT2D eigenvalue weighted by atomic mass is 10.3. The van der Waals surface area contributed by atoms with Crippen LogP contribution in [0.25, 0.3) is 0 Å². The number of nitrogens with one attached hydrogen (secondary N) is 1. The third kappa shape index (κ3) is 4.65. The maximum absolute atomic E-state index is 12.0. The van der Waals surface area contributed by atoms with Crippen molar-refractivity contribution in [1.82, 2.24) is 20.1 Å². The van der Waals surface area contributed by atoms with Crippen molar-refractivity contribution in [2.75, 3.05) is 32.8 Å². The van der Waals surface area contributed by atoms with Crippen molar-refractivity contribution in [1.29, 1.82) is 0 Å². The highest BCUT2D eigenvalue weighted by Crippen LogP contribution is 2.22. The quantitative estimate of drug-likeness (QED) is 0.864. The Labute approximate surface area is 141 Å². The highest BCUT2D eigenvalue weighted by atomic mass is 32.1. The number of nitrogens with zero attached hydrogens (tertiary/aromatic N) is 3. The van der Waals surface area contributed by atoms with E-state index in [1.807, 2.05) is 18.7 Å². The molecule has 1 aliphatic carbocycles. The molecule has 1 aromatic rings. The Morgan fingerprint density at radius 1 is 1.43 bits per heavy atom. The first-order valence-electron chi connectivity index (χ1n) is 8.49. The van der Waals surface area contributed by atoms with Gasteiger partial charge in [-0.1, -0.05) is 0 Å². The molecule has 7 heteroatoms. The number of urea groups is 1. The third-order valence-electron chi connectivity index (χ3n) is 4.28. The fourth-order valence-corrected chi connectivity index (χ4v) is 3.55. The molecule has 2 heterocycles. The van der Waals surface area contributed by atoms with Crippen LogP contribution in [0.4, 0.5) is 4.79 Å². The van der Waals surface area contributed by atoms with Gasteiger partial charge in [-0.15, -0.1) is 11.3 Å². The number of piperazine rings is 1. The van der Waals surface area contributed by atoms with Gasteiger partial charge in [-0.3, -0.25) is 4.90 Å². The van der Waals surface area contributed by atoms with Crippen LogP contribution in [0.5, 0.6) is 0 Å². The van der Waals surface area contributed by atoms with E-state index < -0.39 is 0 Å². The lowest BCUT2D eigenvalue weighted by Gasteiger charge is -2.34. The van der Waals surface area contributed by atoms with E-state index in [4.69, 9.17) is 4.74 Å². The van der Waals surface area contributed by atoms with E-state index in [0.29, 0.717) is 12.6 Å². The summed E-state index contributed by atoms with van der Waals surface area (Å²) < 4.78 is 5.59. The summed E-state index contributed by atoms with van der Waals surface area (Å²) in [5, 5.41) is 6.23. The molecule has 6 nitrogen and oxygen atoms in total. The predicted octanol–water partition coefficient (Wildman–Crippen LogP) is 2.23. The highest BCUT2D eigenvalue weighted by molar-refractivity contribution is 7.09. The summed E-state index contributed by atoms with van der Waals surface area (Å²) in [4.78, 5) is 21.0. The summed E-state index contributed by atoms with van der Waals surface area (Å²) in [5.41, 5.74) is 1.10. The maximum Gasteiger partial charge on any atom is 0.317 e. The zero-order valence-electron chi connectivity index (χ0n) is 14.0. The van der Waals surface area contributed by atoms with Crippen molar-refractivity contribution < 1.29 is 9.53 Å². The van der Waals surface area contributed by atoms with E-state index in [9.17, 15) is 4.79 Å². The number of amides is 2. The Morgan fingerprint density at radius 2 is 2.17 bits per heavy atom. The van der Waals surface area contributed by atoms with E-state index in [-0.39, 0.29) is 12.1 Å². The average Bonchev–Trinajstić information content (AvgIpc) is 3.23. The molecule has 0 spiro atoms. The van der Waals surface area contributed by atoms with E-state index >= 15 is 0 Å². The van der Waals surface area contributed by atoms with Crippen LogP contribution < -0.4 is 5.32 Å². The third-order valence-corrected chi connectivity index (χ3v) is 5.34. The zero-order valence-corrected chi connectivity index (χ0v) is 14.8. The molecule has 2 aliphatic rings. The number of hydrogen-bond acceptors (Lipinski definition) is 5. The maximum atomic E-state index is 12.0. The molecule has 128 valence electrons. The molecule has 1 atom stereocenters. The van der Waals surface area contributed by atoms with Gasteiger partial charge in [0.15, 0.2) is 0 Å². The van der Waals surface area contributed by atoms with Crippen molar-refractivity contribution in [2.24, 2.45) is 0 Å². The molecular formula is C16H26N4O2S. The summed E-state index contributed by atoms with van der Waals surface area (Å²) in [5.74, 6) is 0. The van der Waals surface area contributed by atoms with E-state index in [1.165, 1.54) is 0 Å². The van der Waals surface area contributed by atoms with E-state index in [2.05, 4.69) is 20.6 Å². The van der Waals surface area contributed by atoms with Crippen LogP contribution in [0.1, 0.15) is 43.5 Å². The number of carbonyl (C=O) groups excluding carboxylic acids is 1. The predicted molar refractivity (Wildman–Crippen MR) is 90.6 cm³/mol. The Hall–Kier alpha value is -1.18. The standard InChI is InChI=1S/C16H26N4O2S/c1-3-22-12(2)15-17-14(11-23-15)10-19-6-8-20(9-7-19)16(21)18-13-4-5-13/h11-13H,3-10H2,1-2H3,(H,18,21)/t12-/m0/s1. The molecule has 23 heavy (non-hydrogen) atoms. The largest absolute Gasteiger partial charge is 0.372 e. The number of hydrogen-bond donors (Lipinski definition) is 1. The van der Waals surface area contributed by atoms with Crippen LogP contribution in [0.3, 0.4) is 0 Å². The molecule has 0 radical (unpaired) electrons. The zero-order chi connectivity index (χ0) is 16.2. The summed E-state index contributed by atoms with van der Waals surface area (Å²) in [6, 6.07) is 0.537. The minimum absolute atomic E-state index is 0.0710. The number of thiazole rings is 1. The molecule has 2 amide bonds. The Balaban J connectivity index is 1.44. The number of ether oxygens (including phenoxy) is 1. The second kappa shape index (κ2) is 7.59. The summed E-state index contributed by atoms with van der Waals surface area (Å²) in [6.07, 6.45) is 2.34. The molecule has 1 saturated heterocycles. The Morgan fingerprint density at radius 3 is 2.83 bits per heavy atom. The molecule has 2 fully saturated rings. The number of carbonyl (C=O) groups is 1. The van der Waals surface area contributed by atoms with Gasteiger partial charge in [0.25, 0.3) is 0 Å². The van der Waals surface area contributed by atoms with Crippen LogP contribution in [-0.4, -0.2) is 59.6 Å². The van der Waals surface area contributed by atoms with Gasteiger partial charge in [0.2, 0.25) is 0 Å². The van der Waals surface area contributed by atoms with Gasteiger partial charge in [-0.25, -0.2) is 9.78 Å². The van der Waals surface area contributed by atoms with E-state index in [1.54, 1.807) is 11.3 Å². The summed E-state index contributed by atoms with van der Waals surface area (Å²) >= 11 is 1.67.